The Bertz CT molecular complexity index is 253. The first kappa shape index (κ1) is 11.7. The van der Waals surface area contributed by atoms with E-state index in [2.05, 4.69) is 6.92 Å². The number of hydrogen-bond acceptors (Lipinski definition) is 2. The zero-order chi connectivity index (χ0) is 11.6. The molecule has 2 fully saturated rings. The number of rotatable bonds is 4. The van der Waals surface area contributed by atoms with Crippen LogP contribution < -0.4 is 0 Å². The molecule has 4 heteroatoms. The van der Waals surface area contributed by atoms with Gasteiger partial charge in [0.2, 0.25) is 0 Å². The third-order valence-electron chi connectivity index (χ3n) is 3.86. The lowest BCUT2D eigenvalue weighted by Gasteiger charge is -2.34. The molecule has 2 aliphatic rings. The van der Waals surface area contributed by atoms with Crippen molar-refractivity contribution in [3.63, 3.8) is 0 Å². The third kappa shape index (κ3) is 2.48. The Morgan fingerprint density at radius 2 is 2.12 bits per heavy atom. The normalized spacial score (nSPS) is 32.7. The van der Waals surface area contributed by atoms with E-state index in [1.165, 1.54) is 0 Å². The highest BCUT2D eigenvalue weighted by Crippen LogP contribution is 2.42. The first-order chi connectivity index (χ1) is 7.67. The van der Waals surface area contributed by atoms with Gasteiger partial charge in [-0.1, -0.05) is 13.3 Å². The van der Waals surface area contributed by atoms with E-state index in [9.17, 15) is 9.90 Å². The van der Waals surface area contributed by atoms with Crippen LogP contribution in [-0.2, 0) is 4.74 Å². The number of nitrogens with zero attached hydrogens (tertiary/aromatic N) is 1. The molecular weight excluding hydrogens is 206 g/mol. The summed E-state index contributed by atoms with van der Waals surface area (Å²) in [6, 6.07) is 0.221. The van der Waals surface area contributed by atoms with E-state index in [4.69, 9.17) is 4.74 Å². The maximum atomic E-state index is 11.2. The van der Waals surface area contributed by atoms with Gasteiger partial charge in [0.15, 0.2) is 0 Å². The molecule has 1 aliphatic carbocycles. The maximum Gasteiger partial charge on any atom is 0.407 e. The summed E-state index contributed by atoms with van der Waals surface area (Å²) in [5.74, 6) is 0. The highest BCUT2D eigenvalue weighted by molar-refractivity contribution is 5.65. The fraction of sp³-hybridized carbons (Fsp3) is 0.917. The average Bonchev–Trinajstić information content (AvgIpc) is 3.01. The molecule has 0 aromatic heterocycles. The monoisotopic (exact) mass is 227 g/mol. The van der Waals surface area contributed by atoms with Crippen LogP contribution in [0.2, 0.25) is 0 Å². The second-order valence-corrected chi connectivity index (χ2v) is 5.03. The molecular formula is C12H21NO3. The molecule has 4 nitrogen and oxygen atoms in total. The van der Waals surface area contributed by atoms with Crippen LogP contribution >= 0.6 is 0 Å². The molecule has 1 N–H and O–H groups in total. The Balaban J connectivity index is 1.85. The largest absolute Gasteiger partial charge is 0.465 e. The summed E-state index contributed by atoms with van der Waals surface area (Å²) in [6.07, 6.45) is 5.26. The van der Waals surface area contributed by atoms with Crippen molar-refractivity contribution in [1.29, 1.82) is 0 Å². The SMILES string of the molecule is CCCCN(C(=O)O)C1CCC2(CC1)CO2. The fourth-order valence-electron chi connectivity index (χ4n) is 2.59. The van der Waals surface area contributed by atoms with E-state index < -0.39 is 6.09 Å². The molecule has 1 spiro atoms. The lowest BCUT2D eigenvalue weighted by Crippen LogP contribution is -2.43. The summed E-state index contributed by atoms with van der Waals surface area (Å²) in [4.78, 5) is 12.8. The molecule has 2 rings (SSSR count). The van der Waals surface area contributed by atoms with Gasteiger partial charge < -0.3 is 14.7 Å². The molecule has 0 aromatic rings. The van der Waals surface area contributed by atoms with Crippen LogP contribution in [-0.4, -0.2) is 40.9 Å². The molecule has 1 heterocycles. The molecule has 1 saturated carbocycles. The van der Waals surface area contributed by atoms with Crippen LogP contribution in [0.1, 0.15) is 45.4 Å². The van der Waals surface area contributed by atoms with Crippen molar-refractivity contribution in [1.82, 2.24) is 4.90 Å². The van der Waals surface area contributed by atoms with Crippen molar-refractivity contribution in [2.24, 2.45) is 0 Å². The minimum atomic E-state index is -0.758. The topological polar surface area (TPSA) is 53.1 Å². The molecule has 0 radical (unpaired) electrons. The van der Waals surface area contributed by atoms with Gasteiger partial charge >= 0.3 is 6.09 Å². The van der Waals surface area contributed by atoms with E-state index in [0.717, 1.165) is 45.1 Å². The van der Waals surface area contributed by atoms with Crippen LogP contribution in [0.15, 0.2) is 0 Å². The maximum absolute atomic E-state index is 11.2. The van der Waals surface area contributed by atoms with Crippen LogP contribution in [0.3, 0.4) is 0 Å². The van der Waals surface area contributed by atoms with Gasteiger partial charge in [-0.3, -0.25) is 0 Å². The Labute approximate surface area is 96.6 Å². The highest BCUT2D eigenvalue weighted by atomic mass is 16.6. The molecule has 92 valence electrons. The zero-order valence-electron chi connectivity index (χ0n) is 9.95. The van der Waals surface area contributed by atoms with Crippen molar-refractivity contribution >= 4 is 6.09 Å². The van der Waals surface area contributed by atoms with Crippen LogP contribution in [0, 0.1) is 0 Å². The molecule has 0 aromatic carbocycles. The number of hydrogen-bond donors (Lipinski definition) is 1. The molecule has 0 bridgehead atoms. The van der Waals surface area contributed by atoms with Gasteiger partial charge in [0.25, 0.3) is 0 Å². The summed E-state index contributed by atoms with van der Waals surface area (Å²) in [5.41, 5.74) is 0.158. The molecule has 16 heavy (non-hydrogen) atoms. The van der Waals surface area contributed by atoms with Crippen molar-refractivity contribution < 1.29 is 14.6 Å². The quantitative estimate of drug-likeness (QED) is 0.751. The van der Waals surface area contributed by atoms with Gasteiger partial charge in [0, 0.05) is 12.6 Å². The number of ether oxygens (including phenoxy) is 1. The average molecular weight is 227 g/mol. The lowest BCUT2D eigenvalue weighted by atomic mass is 9.85. The summed E-state index contributed by atoms with van der Waals surface area (Å²) < 4.78 is 5.44. The standard InChI is InChI=1S/C12H21NO3/c1-2-3-8-13(11(14)15)10-4-6-12(7-5-10)9-16-12/h10H,2-9H2,1H3,(H,14,15). The Morgan fingerprint density at radius 1 is 1.50 bits per heavy atom. The van der Waals surface area contributed by atoms with E-state index in [0.29, 0.717) is 6.54 Å². The van der Waals surface area contributed by atoms with E-state index in [1.54, 1.807) is 4.90 Å². The van der Waals surface area contributed by atoms with Gasteiger partial charge in [-0.2, -0.15) is 0 Å². The Morgan fingerprint density at radius 3 is 2.56 bits per heavy atom. The molecule has 1 aliphatic heterocycles. The first-order valence-corrected chi connectivity index (χ1v) is 6.30. The van der Waals surface area contributed by atoms with E-state index in [1.807, 2.05) is 0 Å². The number of epoxide rings is 1. The number of carboxylic acid groups (broad SMARTS) is 1. The zero-order valence-corrected chi connectivity index (χ0v) is 9.95. The summed E-state index contributed by atoms with van der Waals surface area (Å²) in [7, 11) is 0. The van der Waals surface area contributed by atoms with Gasteiger partial charge in [-0.05, 0) is 32.1 Å². The van der Waals surface area contributed by atoms with Crippen molar-refractivity contribution in [2.45, 2.75) is 57.1 Å². The molecule has 0 unspecified atom stereocenters. The second kappa shape index (κ2) is 4.62. The lowest BCUT2D eigenvalue weighted by molar-refractivity contribution is 0.0948. The predicted octanol–water partition coefficient (Wildman–Crippen LogP) is 2.48. The molecule has 1 saturated heterocycles. The Kier molecular flexibility index (Phi) is 3.38. The fourth-order valence-corrected chi connectivity index (χ4v) is 2.59. The number of carbonyl (C=O) groups is 1. The van der Waals surface area contributed by atoms with Crippen molar-refractivity contribution in [3.8, 4) is 0 Å². The minimum absolute atomic E-state index is 0.158. The van der Waals surface area contributed by atoms with Crippen LogP contribution in [0.4, 0.5) is 4.79 Å². The summed E-state index contributed by atoms with van der Waals surface area (Å²) >= 11 is 0. The Hall–Kier alpha value is -0.770. The second-order valence-electron chi connectivity index (χ2n) is 5.03. The van der Waals surface area contributed by atoms with Crippen molar-refractivity contribution in [3.05, 3.63) is 0 Å². The highest BCUT2D eigenvalue weighted by Gasteiger charge is 2.48. The van der Waals surface area contributed by atoms with E-state index in [-0.39, 0.29) is 11.6 Å². The number of amides is 1. The van der Waals surface area contributed by atoms with Gasteiger partial charge in [-0.15, -0.1) is 0 Å². The first-order valence-electron chi connectivity index (χ1n) is 6.30. The summed E-state index contributed by atoms with van der Waals surface area (Å²) in [6.45, 7) is 3.67. The van der Waals surface area contributed by atoms with Crippen molar-refractivity contribution in [2.75, 3.05) is 13.2 Å². The third-order valence-corrected chi connectivity index (χ3v) is 3.86. The van der Waals surface area contributed by atoms with Gasteiger partial charge in [0.1, 0.15) is 0 Å². The number of unbranched alkanes of at least 4 members (excludes halogenated alkanes) is 1. The van der Waals surface area contributed by atoms with Crippen LogP contribution in [0.5, 0.6) is 0 Å². The predicted molar refractivity (Wildman–Crippen MR) is 60.6 cm³/mol. The molecule has 0 atom stereocenters. The molecule has 1 amide bonds. The van der Waals surface area contributed by atoms with Crippen LogP contribution in [0.25, 0.3) is 0 Å². The minimum Gasteiger partial charge on any atom is -0.465 e. The van der Waals surface area contributed by atoms with E-state index >= 15 is 0 Å². The smallest absolute Gasteiger partial charge is 0.407 e. The van der Waals surface area contributed by atoms with Gasteiger partial charge in [0.05, 0.1) is 12.2 Å². The van der Waals surface area contributed by atoms with Gasteiger partial charge in [-0.25, -0.2) is 4.79 Å². The summed E-state index contributed by atoms with van der Waals surface area (Å²) in [5, 5.41) is 9.19.